The van der Waals surface area contributed by atoms with E-state index in [0.717, 1.165) is 25.8 Å². The molecule has 4 aromatic carbocycles. The summed E-state index contributed by atoms with van der Waals surface area (Å²) in [6, 6.07) is 42.7. The first kappa shape index (κ1) is 23.3. The normalized spacial score (nSPS) is 17.0. The van der Waals surface area contributed by atoms with Crippen molar-refractivity contribution < 1.29 is 0 Å². The van der Waals surface area contributed by atoms with E-state index in [0.29, 0.717) is 4.95 Å². The summed E-state index contributed by atoms with van der Waals surface area (Å²) in [7, 11) is 0.312. The van der Waals surface area contributed by atoms with Crippen molar-refractivity contribution in [3.05, 3.63) is 121 Å². The van der Waals surface area contributed by atoms with Crippen LogP contribution in [0.4, 0.5) is 5.69 Å². The minimum atomic E-state index is -1.87. The van der Waals surface area contributed by atoms with Gasteiger partial charge in [0.15, 0.2) is 0 Å². The van der Waals surface area contributed by atoms with Gasteiger partial charge in [-0.2, -0.15) is 0 Å². The van der Waals surface area contributed by atoms with E-state index in [1.807, 2.05) is 0 Å². The maximum atomic E-state index is 3.81. The van der Waals surface area contributed by atoms with Gasteiger partial charge < -0.3 is 4.90 Å². The van der Waals surface area contributed by atoms with Gasteiger partial charge in [-0.1, -0.05) is 82.7 Å². The molecule has 34 heavy (non-hydrogen) atoms. The molecule has 1 aliphatic heterocycles. The lowest BCUT2D eigenvalue weighted by Gasteiger charge is -2.38. The molecule has 1 unspecified atom stereocenters. The highest BCUT2D eigenvalue weighted by Gasteiger charge is 2.45. The lowest BCUT2D eigenvalue weighted by atomic mass is 10.2. The summed E-state index contributed by atoms with van der Waals surface area (Å²) in [6.45, 7) is 3.14. The van der Waals surface area contributed by atoms with Crippen molar-refractivity contribution in [3.8, 4) is 0 Å². The molecule has 1 saturated heterocycles. The van der Waals surface area contributed by atoms with E-state index in [1.54, 1.807) is 0 Å². The van der Waals surface area contributed by atoms with Gasteiger partial charge in [0, 0.05) is 25.3 Å². The Morgan fingerprint density at radius 1 is 0.676 bits per heavy atom. The highest BCUT2D eigenvalue weighted by atomic mass is 79.9. The Morgan fingerprint density at radius 2 is 1.15 bits per heavy atom. The van der Waals surface area contributed by atoms with Gasteiger partial charge in [-0.3, -0.25) is 4.90 Å². The van der Waals surface area contributed by atoms with Crippen LogP contribution in [0.5, 0.6) is 0 Å². The third kappa shape index (κ3) is 4.70. The highest BCUT2D eigenvalue weighted by Crippen LogP contribution is 2.58. The summed E-state index contributed by atoms with van der Waals surface area (Å²) in [6.07, 6.45) is 1.01. The predicted molar refractivity (Wildman–Crippen MR) is 153 cm³/mol. The number of hydrogen-bond acceptors (Lipinski definition) is 2. The number of likely N-dealkylation sites (N-methyl/N-ethyl adjacent to an activating group) is 1. The smallest absolute Gasteiger partial charge is 0.116 e. The van der Waals surface area contributed by atoms with Crippen molar-refractivity contribution in [3.63, 3.8) is 0 Å². The molecule has 4 aromatic rings. The number of hydrogen-bond donors (Lipinski definition) is 0. The van der Waals surface area contributed by atoms with Gasteiger partial charge in [0.1, 0.15) is 23.2 Å². The molecule has 0 saturated carbocycles. The fourth-order valence-corrected chi connectivity index (χ4v) is 9.72. The zero-order valence-electron chi connectivity index (χ0n) is 19.6. The van der Waals surface area contributed by atoms with Crippen molar-refractivity contribution in [2.45, 2.75) is 11.1 Å². The Bertz CT molecular complexity index is 1090. The standard InChI is InChI=1S/C30H31BrN2P/c1-32-21-22-33(23-30(32)31)26-19-17-25(18-20-26)24-34(27-11-5-2-6-12-27,28-13-7-3-8-14-28)29-15-9-4-10-16-29/h2-20,30H,21-24H2,1H3/q+1. The number of anilines is 1. The van der Waals surface area contributed by atoms with Gasteiger partial charge in [0.05, 0.1) is 11.1 Å². The second-order valence-corrected chi connectivity index (χ2v) is 13.5. The molecule has 0 N–H and O–H groups in total. The first-order chi connectivity index (χ1) is 16.7. The first-order valence-corrected chi connectivity index (χ1v) is 14.8. The van der Waals surface area contributed by atoms with Crippen LogP contribution in [0.2, 0.25) is 0 Å². The maximum Gasteiger partial charge on any atom is 0.116 e. The molecule has 1 aliphatic rings. The Morgan fingerprint density at radius 3 is 1.59 bits per heavy atom. The van der Waals surface area contributed by atoms with E-state index in [-0.39, 0.29) is 0 Å². The second-order valence-electron chi connectivity index (χ2n) is 9.00. The molecule has 4 heteroatoms. The minimum Gasteiger partial charge on any atom is -0.368 e. The zero-order chi connectivity index (χ0) is 23.4. The fourth-order valence-electron chi connectivity index (χ4n) is 4.92. The Hall–Kier alpha value is -2.45. The number of rotatable bonds is 6. The highest BCUT2D eigenvalue weighted by molar-refractivity contribution is 9.09. The number of benzene rings is 4. The molecule has 2 nitrogen and oxygen atoms in total. The van der Waals surface area contributed by atoms with Crippen LogP contribution < -0.4 is 20.8 Å². The monoisotopic (exact) mass is 529 g/mol. The SMILES string of the molecule is CN1CCN(c2ccc(C[P+](c3ccccc3)(c3ccccc3)c3ccccc3)cc2)CC1Br. The zero-order valence-corrected chi connectivity index (χ0v) is 22.1. The molecule has 1 heterocycles. The van der Waals surface area contributed by atoms with Gasteiger partial charge in [-0.05, 0) is 61.1 Å². The van der Waals surface area contributed by atoms with Crippen LogP contribution in [0.15, 0.2) is 115 Å². The average Bonchev–Trinajstić information content (AvgIpc) is 2.91. The predicted octanol–water partition coefficient (Wildman–Crippen LogP) is 5.65. The molecule has 1 atom stereocenters. The summed E-state index contributed by atoms with van der Waals surface area (Å²) < 4.78 is 0. The Kier molecular flexibility index (Phi) is 7.15. The summed E-state index contributed by atoms with van der Waals surface area (Å²) in [5.41, 5.74) is 2.70. The summed E-state index contributed by atoms with van der Waals surface area (Å²) in [5.74, 6) is 0. The van der Waals surface area contributed by atoms with E-state index in [1.165, 1.54) is 27.2 Å². The van der Waals surface area contributed by atoms with Gasteiger partial charge in [0.2, 0.25) is 0 Å². The van der Waals surface area contributed by atoms with Crippen molar-refractivity contribution in [1.29, 1.82) is 0 Å². The second kappa shape index (κ2) is 10.4. The number of piperazine rings is 1. The molecular formula is C30H31BrN2P+. The molecule has 0 amide bonds. The van der Waals surface area contributed by atoms with Crippen LogP contribution in [0, 0.1) is 0 Å². The first-order valence-electron chi connectivity index (χ1n) is 11.9. The molecule has 0 bridgehead atoms. The number of halogens is 1. The lowest BCUT2D eigenvalue weighted by molar-refractivity contribution is 0.292. The van der Waals surface area contributed by atoms with Crippen LogP contribution in [0.1, 0.15) is 5.56 Å². The Balaban J connectivity index is 1.55. The van der Waals surface area contributed by atoms with E-state index in [9.17, 15) is 0 Å². The van der Waals surface area contributed by atoms with Crippen LogP contribution >= 0.6 is 23.2 Å². The molecule has 0 spiro atoms. The Labute approximate surface area is 212 Å². The largest absolute Gasteiger partial charge is 0.368 e. The van der Waals surface area contributed by atoms with Gasteiger partial charge in [-0.25, -0.2) is 0 Å². The molecule has 0 aliphatic carbocycles. The van der Waals surface area contributed by atoms with E-state index in [2.05, 4.69) is 148 Å². The van der Waals surface area contributed by atoms with Crippen LogP contribution in [-0.4, -0.2) is 36.5 Å². The third-order valence-electron chi connectivity index (χ3n) is 6.88. The molecule has 5 rings (SSSR count). The molecule has 172 valence electrons. The molecule has 1 fully saturated rings. The van der Waals surface area contributed by atoms with Gasteiger partial charge >= 0.3 is 0 Å². The van der Waals surface area contributed by atoms with E-state index >= 15 is 0 Å². The summed E-state index contributed by atoms with van der Waals surface area (Å²) >= 11 is 3.81. The molecule has 0 radical (unpaired) electrons. The van der Waals surface area contributed by atoms with E-state index in [4.69, 9.17) is 0 Å². The van der Waals surface area contributed by atoms with Crippen LogP contribution in [-0.2, 0) is 6.16 Å². The van der Waals surface area contributed by atoms with Crippen molar-refractivity contribution in [1.82, 2.24) is 4.90 Å². The third-order valence-corrected chi connectivity index (χ3v) is 12.3. The summed E-state index contributed by atoms with van der Waals surface area (Å²) in [5, 5.41) is 4.29. The number of alkyl halides is 1. The van der Waals surface area contributed by atoms with Crippen molar-refractivity contribution in [2.75, 3.05) is 31.6 Å². The molecular weight excluding hydrogens is 499 g/mol. The quantitative estimate of drug-likeness (QED) is 0.181. The van der Waals surface area contributed by atoms with E-state index < -0.39 is 7.26 Å². The van der Waals surface area contributed by atoms with Crippen molar-refractivity contribution in [2.24, 2.45) is 0 Å². The summed E-state index contributed by atoms with van der Waals surface area (Å²) in [4.78, 5) is 5.24. The molecule has 0 aromatic heterocycles. The van der Waals surface area contributed by atoms with Crippen LogP contribution in [0.25, 0.3) is 0 Å². The average molecular weight is 530 g/mol. The lowest BCUT2D eigenvalue weighted by Crippen LogP contribution is -2.48. The maximum absolute atomic E-state index is 3.81. The van der Waals surface area contributed by atoms with Gasteiger partial charge in [-0.15, -0.1) is 0 Å². The fraction of sp³-hybridized carbons (Fsp3) is 0.200. The van der Waals surface area contributed by atoms with Gasteiger partial charge in [0.25, 0.3) is 0 Å². The topological polar surface area (TPSA) is 6.48 Å². The minimum absolute atomic E-state index is 0.397. The van der Waals surface area contributed by atoms with Crippen molar-refractivity contribution >= 4 is 44.8 Å². The van der Waals surface area contributed by atoms with Crippen LogP contribution in [0.3, 0.4) is 0 Å². The number of nitrogens with zero attached hydrogens (tertiary/aromatic N) is 2.